The van der Waals surface area contributed by atoms with Gasteiger partial charge < -0.3 is 10.1 Å². The number of thiazole rings is 1. The van der Waals surface area contributed by atoms with Crippen LogP contribution in [0, 0.1) is 0 Å². The van der Waals surface area contributed by atoms with Crippen LogP contribution in [0.25, 0.3) is 20.8 Å². The number of benzene rings is 3. The lowest BCUT2D eigenvalue weighted by atomic mass is 10.1. The number of rotatable bonds is 5. The first-order chi connectivity index (χ1) is 14.0. The van der Waals surface area contributed by atoms with Crippen molar-refractivity contribution in [3.63, 3.8) is 0 Å². The van der Waals surface area contributed by atoms with Gasteiger partial charge in [-0.3, -0.25) is 4.79 Å². The number of amides is 1. The van der Waals surface area contributed by atoms with E-state index in [2.05, 4.69) is 21.2 Å². The highest BCUT2D eigenvalue weighted by Gasteiger charge is 2.14. The lowest BCUT2D eigenvalue weighted by molar-refractivity contribution is 0.102. The number of para-hydroxylation sites is 1. The molecule has 0 atom stereocenters. The number of hydrogen-bond acceptors (Lipinski definition) is 4. The maximum Gasteiger partial charge on any atom is 0.255 e. The molecule has 0 bridgehead atoms. The van der Waals surface area contributed by atoms with Crippen LogP contribution in [-0.2, 0) is 0 Å². The fourth-order valence-electron chi connectivity index (χ4n) is 2.94. The van der Waals surface area contributed by atoms with Crippen LogP contribution in [0.1, 0.15) is 24.2 Å². The van der Waals surface area contributed by atoms with Crippen LogP contribution in [0.5, 0.6) is 5.75 Å². The third-order valence-electron chi connectivity index (χ3n) is 4.24. The molecule has 1 aromatic heterocycles. The van der Waals surface area contributed by atoms with Crippen molar-refractivity contribution in [1.29, 1.82) is 0 Å². The number of halogens is 1. The van der Waals surface area contributed by atoms with Gasteiger partial charge in [0.05, 0.1) is 22.0 Å². The number of ether oxygens (including phenoxy) is 1. The fourth-order valence-corrected chi connectivity index (χ4v) is 4.30. The second-order valence-electron chi connectivity index (χ2n) is 6.82. The smallest absolute Gasteiger partial charge is 0.255 e. The highest BCUT2D eigenvalue weighted by Crippen LogP contribution is 2.36. The molecule has 0 radical (unpaired) electrons. The molecule has 1 amide bonds. The number of aromatic nitrogens is 1. The van der Waals surface area contributed by atoms with Crippen LogP contribution >= 0.6 is 27.3 Å². The van der Waals surface area contributed by atoms with Crippen LogP contribution in [0.2, 0.25) is 0 Å². The summed E-state index contributed by atoms with van der Waals surface area (Å²) < 4.78 is 7.68. The molecule has 0 aliphatic heterocycles. The Morgan fingerprint density at radius 2 is 1.83 bits per heavy atom. The largest absolute Gasteiger partial charge is 0.491 e. The van der Waals surface area contributed by atoms with E-state index in [1.807, 2.05) is 68.4 Å². The molecule has 1 N–H and O–H groups in total. The molecule has 4 rings (SSSR count). The minimum atomic E-state index is -0.175. The van der Waals surface area contributed by atoms with Gasteiger partial charge in [0.2, 0.25) is 0 Å². The molecule has 0 saturated heterocycles. The van der Waals surface area contributed by atoms with E-state index in [9.17, 15) is 4.79 Å². The normalized spacial score (nSPS) is 11.0. The third-order valence-corrected chi connectivity index (χ3v) is 5.81. The van der Waals surface area contributed by atoms with Crippen molar-refractivity contribution in [2.75, 3.05) is 5.32 Å². The second-order valence-corrected chi connectivity index (χ2v) is 8.77. The van der Waals surface area contributed by atoms with E-state index in [4.69, 9.17) is 9.72 Å². The van der Waals surface area contributed by atoms with Crippen molar-refractivity contribution < 1.29 is 9.53 Å². The molecule has 3 aromatic carbocycles. The van der Waals surface area contributed by atoms with Crippen molar-refractivity contribution >= 4 is 49.1 Å². The Morgan fingerprint density at radius 1 is 1.07 bits per heavy atom. The van der Waals surface area contributed by atoms with Gasteiger partial charge in [-0.25, -0.2) is 4.98 Å². The Bertz CT molecular complexity index is 1140. The molecule has 0 aliphatic rings. The Morgan fingerprint density at radius 3 is 2.55 bits per heavy atom. The highest BCUT2D eigenvalue weighted by molar-refractivity contribution is 9.10. The molecule has 146 valence electrons. The van der Waals surface area contributed by atoms with Crippen LogP contribution < -0.4 is 10.1 Å². The summed E-state index contributed by atoms with van der Waals surface area (Å²) in [7, 11) is 0. The van der Waals surface area contributed by atoms with Gasteiger partial charge in [0.1, 0.15) is 10.8 Å². The van der Waals surface area contributed by atoms with E-state index >= 15 is 0 Å². The average Bonchev–Trinajstić information content (AvgIpc) is 3.13. The lowest BCUT2D eigenvalue weighted by Crippen LogP contribution is -2.13. The number of hydrogen-bond donors (Lipinski definition) is 1. The van der Waals surface area contributed by atoms with E-state index in [-0.39, 0.29) is 12.0 Å². The van der Waals surface area contributed by atoms with Crippen molar-refractivity contribution in [3.8, 4) is 16.3 Å². The minimum Gasteiger partial charge on any atom is -0.491 e. The maximum atomic E-state index is 12.8. The summed E-state index contributed by atoms with van der Waals surface area (Å²) >= 11 is 5.13. The molecule has 0 aliphatic carbocycles. The first-order valence-electron chi connectivity index (χ1n) is 9.23. The van der Waals surface area contributed by atoms with Crippen LogP contribution in [0.3, 0.4) is 0 Å². The predicted octanol–water partition coefficient (Wildman–Crippen LogP) is 6.77. The van der Waals surface area contributed by atoms with Crippen LogP contribution in [-0.4, -0.2) is 17.0 Å². The molecule has 0 spiro atoms. The first-order valence-corrected chi connectivity index (χ1v) is 10.8. The van der Waals surface area contributed by atoms with Crippen molar-refractivity contribution in [3.05, 3.63) is 76.8 Å². The summed E-state index contributed by atoms with van der Waals surface area (Å²) in [6.45, 7) is 3.94. The van der Waals surface area contributed by atoms with Crippen molar-refractivity contribution in [1.82, 2.24) is 4.98 Å². The zero-order chi connectivity index (χ0) is 20.4. The minimum absolute atomic E-state index is 0.0915. The standard InChI is InChI=1S/C23H19BrN2O2S/c1-14(2)28-17-10-7-15(8-11-17)22(27)25-19-12-9-16(24)13-18(19)23-26-20-5-3-4-6-21(20)29-23/h3-14H,1-2H3,(H,25,27). The van der Waals surface area contributed by atoms with Gasteiger partial charge in [0, 0.05) is 15.6 Å². The zero-order valence-corrected chi connectivity index (χ0v) is 18.4. The highest BCUT2D eigenvalue weighted by atomic mass is 79.9. The summed E-state index contributed by atoms with van der Waals surface area (Å²) in [6.07, 6.45) is 0.0915. The van der Waals surface area contributed by atoms with Gasteiger partial charge in [-0.1, -0.05) is 28.1 Å². The number of nitrogens with one attached hydrogen (secondary N) is 1. The molecule has 0 fully saturated rings. The number of carbonyl (C=O) groups is 1. The zero-order valence-electron chi connectivity index (χ0n) is 16.0. The van der Waals surface area contributed by atoms with Crippen molar-refractivity contribution in [2.45, 2.75) is 20.0 Å². The molecule has 29 heavy (non-hydrogen) atoms. The predicted molar refractivity (Wildman–Crippen MR) is 123 cm³/mol. The number of fused-ring (bicyclic) bond motifs is 1. The number of nitrogens with zero attached hydrogens (tertiary/aromatic N) is 1. The van der Waals surface area contributed by atoms with Gasteiger partial charge in [-0.15, -0.1) is 11.3 Å². The van der Waals surface area contributed by atoms with Gasteiger partial charge >= 0.3 is 0 Å². The molecule has 4 nitrogen and oxygen atoms in total. The Labute approximate surface area is 181 Å². The van der Waals surface area contributed by atoms with E-state index in [0.29, 0.717) is 5.56 Å². The van der Waals surface area contributed by atoms with Gasteiger partial charge in [0.25, 0.3) is 5.91 Å². The quantitative estimate of drug-likeness (QED) is 0.353. The molecular formula is C23H19BrN2O2S. The fraction of sp³-hybridized carbons (Fsp3) is 0.130. The average molecular weight is 467 g/mol. The molecule has 1 heterocycles. The second kappa shape index (κ2) is 8.35. The Kier molecular flexibility index (Phi) is 5.65. The molecule has 4 aromatic rings. The van der Waals surface area contributed by atoms with Gasteiger partial charge in [0.15, 0.2) is 0 Å². The van der Waals surface area contributed by atoms with Gasteiger partial charge in [-0.2, -0.15) is 0 Å². The number of carbonyl (C=O) groups excluding carboxylic acids is 1. The summed E-state index contributed by atoms with van der Waals surface area (Å²) in [5.74, 6) is 0.570. The monoisotopic (exact) mass is 466 g/mol. The van der Waals surface area contributed by atoms with E-state index in [1.54, 1.807) is 23.5 Å². The molecule has 0 saturated carbocycles. The molecular weight excluding hydrogens is 448 g/mol. The first kappa shape index (κ1) is 19.6. The van der Waals surface area contributed by atoms with Crippen LogP contribution in [0.4, 0.5) is 5.69 Å². The lowest BCUT2D eigenvalue weighted by Gasteiger charge is -2.12. The molecule has 0 unspecified atom stereocenters. The third kappa shape index (κ3) is 4.49. The van der Waals surface area contributed by atoms with Gasteiger partial charge in [-0.05, 0) is 68.4 Å². The summed E-state index contributed by atoms with van der Waals surface area (Å²) in [5.41, 5.74) is 3.12. The Hall–Kier alpha value is -2.70. The van der Waals surface area contributed by atoms with Crippen LogP contribution in [0.15, 0.2) is 71.2 Å². The topological polar surface area (TPSA) is 51.2 Å². The summed E-state index contributed by atoms with van der Waals surface area (Å²) in [4.78, 5) is 17.5. The van der Waals surface area contributed by atoms with E-state index in [1.165, 1.54) is 0 Å². The summed E-state index contributed by atoms with van der Waals surface area (Å²) in [5, 5.41) is 3.89. The number of anilines is 1. The Balaban J connectivity index is 1.62. The molecule has 6 heteroatoms. The van der Waals surface area contributed by atoms with E-state index < -0.39 is 0 Å². The SMILES string of the molecule is CC(C)Oc1ccc(C(=O)Nc2ccc(Br)cc2-c2nc3ccccc3s2)cc1. The van der Waals surface area contributed by atoms with Crippen molar-refractivity contribution in [2.24, 2.45) is 0 Å². The maximum absolute atomic E-state index is 12.8. The summed E-state index contributed by atoms with van der Waals surface area (Å²) in [6, 6.07) is 20.9. The van der Waals surface area contributed by atoms with E-state index in [0.717, 1.165) is 36.7 Å².